The van der Waals surface area contributed by atoms with Gasteiger partial charge in [0.05, 0.1) is 0 Å². The van der Waals surface area contributed by atoms with Crippen LogP contribution in [0.5, 0.6) is 0 Å². The van der Waals surface area contributed by atoms with Crippen LogP contribution in [0.3, 0.4) is 0 Å². The van der Waals surface area contributed by atoms with Crippen molar-refractivity contribution in [2.45, 2.75) is 18.9 Å². The highest BCUT2D eigenvalue weighted by atomic mass is 19.1. The van der Waals surface area contributed by atoms with Gasteiger partial charge in [-0.15, -0.1) is 0 Å². The lowest BCUT2D eigenvalue weighted by atomic mass is 10.2. The second kappa shape index (κ2) is 5.96. The molecule has 1 aromatic rings. The first kappa shape index (κ1) is 14.4. The summed E-state index contributed by atoms with van der Waals surface area (Å²) in [5.74, 6) is -2.46. The summed E-state index contributed by atoms with van der Waals surface area (Å²) in [5, 5.41) is 2.51. The maximum absolute atomic E-state index is 13.6. The van der Waals surface area contributed by atoms with Crippen molar-refractivity contribution < 1.29 is 18.4 Å². The highest BCUT2D eigenvalue weighted by Gasteiger charge is 2.35. The molecule has 1 heterocycles. The number of rotatable bonds is 4. The third-order valence-corrected chi connectivity index (χ3v) is 3.12. The number of benzene rings is 1. The molecule has 2 rings (SSSR count). The molecule has 0 saturated carbocycles. The van der Waals surface area contributed by atoms with Gasteiger partial charge >= 0.3 is 0 Å². The molecule has 1 aliphatic rings. The number of amides is 2. The predicted octanol–water partition coefficient (Wildman–Crippen LogP) is 0.535. The van der Waals surface area contributed by atoms with Gasteiger partial charge in [0.25, 0.3) is 0 Å². The zero-order valence-corrected chi connectivity index (χ0v) is 10.7. The van der Waals surface area contributed by atoms with E-state index < -0.39 is 23.6 Å². The number of nitrogens with one attached hydrogen (secondary N) is 1. The van der Waals surface area contributed by atoms with E-state index in [1.807, 2.05) is 0 Å². The Morgan fingerprint density at radius 3 is 2.65 bits per heavy atom. The van der Waals surface area contributed by atoms with Crippen LogP contribution in [0.1, 0.15) is 12.8 Å². The summed E-state index contributed by atoms with van der Waals surface area (Å²) in [6, 6.07) is 2.65. The number of hydrogen-bond acceptors (Lipinski definition) is 3. The largest absolute Gasteiger partial charge is 0.344 e. The standard InChI is InChI=1S/C13H15F2N3O2/c14-8-2-1-3-9(15)12(8)18-7-5-10(13(18)20)17-11(19)4-6-16/h1-3,10H,4-7,16H2,(H,17,19). The molecule has 1 aromatic carbocycles. The molecule has 7 heteroatoms. The first-order valence-corrected chi connectivity index (χ1v) is 6.29. The first-order valence-electron chi connectivity index (χ1n) is 6.29. The summed E-state index contributed by atoms with van der Waals surface area (Å²) in [7, 11) is 0. The second-order valence-corrected chi connectivity index (χ2v) is 4.51. The molecule has 1 saturated heterocycles. The number of nitrogens with two attached hydrogens (primary N) is 1. The van der Waals surface area contributed by atoms with E-state index in [4.69, 9.17) is 5.73 Å². The zero-order valence-electron chi connectivity index (χ0n) is 10.7. The lowest BCUT2D eigenvalue weighted by molar-refractivity contribution is -0.126. The maximum atomic E-state index is 13.6. The molecule has 1 fully saturated rings. The molecule has 1 unspecified atom stereocenters. The summed E-state index contributed by atoms with van der Waals surface area (Å²) in [5.41, 5.74) is 4.87. The van der Waals surface area contributed by atoms with Crippen LogP contribution in [-0.4, -0.2) is 30.9 Å². The summed E-state index contributed by atoms with van der Waals surface area (Å²) in [6.07, 6.45) is 0.417. The number of para-hydroxylation sites is 1. The Hall–Kier alpha value is -2.02. The SMILES string of the molecule is NCCC(=O)NC1CCN(c2c(F)cccc2F)C1=O. The molecule has 5 nitrogen and oxygen atoms in total. The zero-order chi connectivity index (χ0) is 14.7. The van der Waals surface area contributed by atoms with Crippen molar-refractivity contribution >= 4 is 17.5 Å². The molecule has 20 heavy (non-hydrogen) atoms. The van der Waals surface area contributed by atoms with Crippen molar-refractivity contribution in [1.29, 1.82) is 0 Å². The van der Waals surface area contributed by atoms with Crippen LogP contribution in [0.25, 0.3) is 0 Å². The van der Waals surface area contributed by atoms with Gasteiger partial charge < -0.3 is 16.0 Å². The molecule has 1 aliphatic heterocycles. The Kier molecular flexibility index (Phi) is 4.29. The fourth-order valence-corrected chi connectivity index (χ4v) is 2.18. The summed E-state index contributed by atoms with van der Waals surface area (Å²) in [6.45, 7) is 0.336. The minimum atomic E-state index is -0.799. The van der Waals surface area contributed by atoms with E-state index in [0.717, 1.165) is 17.0 Å². The van der Waals surface area contributed by atoms with E-state index in [-0.39, 0.29) is 31.1 Å². The van der Waals surface area contributed by atoms with Crippen LogP contribution in [0.2, 0.25) is 0 Å². The van der Waals surface area contributed by atoms with E-state index in [1.165, 1.54) is 6.07 Å². The predicted molar refractivity (Wildman–Crippen MR) is 68.9 cm³/mol. The van der Waals surface area contributed by atoms with E-state index in [2.05, 4.69) is 5.32 Å². The van der Waals surface area contributed by atoms with Crippen molar-refractivity contribution in [3.05, 3.63) is 29.8 Å². The lowest BCUT2D eigenvalue weighted by Gasteiger charge is -2.18. The molecule has 0 bridgehead atoms. The summed E-state index contributed by atoms with van der Waals surface area (Å²) in [4.78, 5) is 24.5. The van der Waals surface area contributed by atoms with Gasteiger partial charge in [0.1, 0.15) is 23.4 Å². The molecule has 1 atom stereocenters. The van der Waals surface area contributed by atoms with Crippen molar-refractivity contribution in [3.8, 4) is 0 Å². The van der Waals surface area contributed by atoms with Gasteiger partial charge in [-0.2, -0.15) is 0 Å². The average Bonchev–Trinajstić information content (AvgIpc) is 2.72. The number of hydrogen-bond donors (Lipinski definition) is 2. The van der Waals surface area contributed by atoms with Crippen LogP contribution in [0.4, 0.5) is 14.5 Å². The van der Waals surface area contributed by atoms with Gasteiger partial charge in [0, 0.05) is 19.5 Å². The Bertz CT molecular complexity index is 516. The number of halogens is 2. The van der Waals surface area contributed by atoms with Crippen LogP contribution in [0, 0.1) is 11.6 Å². The summed E-state index contributed by atoms with van der Waals surface area (Å²) >= 11 is 0. The number of anilines is 1. The molecule has 0 spiro atoms. The second-order valence-electron chi connectivity index (χ2n) is 4.51. The van der Waals surface area contributed by atoms with Gasteiger partial charge in [-0.3, -0.25) is 9.59 Å². The van der Waals surface area contributed by atoms with Gasteiger partial charge in [-0.25, -0.2) is 8.78 Å². The van der Waals surface area contributed by atoms with E-state index in [1.54, 1.807) is 0 Å². The highest BCUT2D eigenvalue weighted by Crippen LogP contribution is 2.27. The molecule has 0 aliphatic carbocycles. The molecule has 3 N–H and O–H groups in total. The van der Waals surface area contributed by atoms with Crippen LogP contribution in [-0.2, 0) is 9.59 Å². The Morgan fingerprint density at radius 2 is 2.05 bits per heavy atom. The number of carbonyl (C=O) groups excluding carboxylic acids is 2. The average molecular weight is 283 g/mol. The minimum absolute atomic E-state index is 0.109. The van der Waals surface area contributed by atoms with E-state index in [0.29, 0.717) is 6.42 Å². The molecular formula is C13H15F2N3O2. The normalized spacial score (nSPS) is 18.4. The molecule has 0 aromatic heterocycles. The van der Waals surface area contributed by atoms with Gasteiger partial charge in [0.15, 0.2) is 0 Å². The van der Waals surface area contributed by atoms with E-state index >= 15 is 0 Å². The minimum Gasteiger partial charge on any atom is -0.344 e. The maximum Gasteiger partial charge on any atom is 0.249 e. The van der Waals surface area contributed by atoms with Gasteiger partial charge in [-0.1, -0.05) is 6.07 Å². The van der Waals surface area contributed by atoms with Gasteiger partial charge in [-0.05, 0) is 18.6 Å². The van der Waals surface area contributed by atoms with Crippen molar-refractivity contribution in [2.75, 3.05) is 18.0 Å². The Morgan fingerprint density at radius 1 is 1.40 bits per heavy atom. The monoisotopic (exact) mass is 283 g/mol. The van der Waals surface area contributed by atoms with Crippen molar-refractivity contribution in [1.82, 2.24) is 5.32 Å². The Labute approximate surface area is 114 Å². The third kappa shape index (κ3) is 2.77. The smallest absolute Gasteiger partial charge is 0.249 e. The van der Waals surface area contributed by atoms with Crippen molar-refractivity contribution in [3.63, 3.8) is 0 Å². The van der Waals surface area contributed by atoms with Crippen LogP contribution < -0.4 is 16.0 Å². The number of nitrogens with zero attached hydrogens (tertiary/aromatic N) is 1. The fourth-order valence-electron chi connectivity index (χ4n) is 2.18. The molecule has 108 valence electrons. The summed E-state index contributed by atoms with van der Waals surface area (Å²) < 4.78 is 27.3. The number of carbonyl (C=O) groups is 2. The van der Waals surface area contributed by atoms with Crippen LogP contribution in [0.15, 0.2) is 18.2 Å². The highest BCUT2D eigenvalue weighted by molar-refractivity contribution is 6.01. The molecule has 2 amide bonds. The molecular weight excluding hydrogens is 268 g/mol. The lowest BCUT2D eigenvalue weighted by Crippen LogP contribution is -2.42. The van der Waals surface area contributed by atoms with E-state index in [9.17, 15) is 18.4 Å². The van der Waals surface area contributed by atoms with Gasteiger partial charge in [0.2, 0.25) is 11.8 Å². The quantitative estimate of drug-likeness (QED) is 0.846. The topological polar surface area (TPSA) is 75.4 Å². The first-order chi connectivity index (χ1) is 9.54. The molecule has 0 radical (unpaired) electrons. The third-order valence-electron chi connectivity index (χ3n) is 3.12. The fraction of sp³-hybridized carbons (Fsp3) is 0.385. The Balaban J connectivity index is 2.13. The van der Waals surface area contributed by atoms with Crippen molar-refractivity contribution in [2.24, 2.45) is 5.73 Å². The van der Waals surface area contributed by atoms with Crippen LogP contribution >= 0.6 is 0 Å².